The highest BCUT2D eigenvalue weighted by Gasteiger charge is 2.42. The molecule has 0 radical (unpaired) electrons. The Labute approximate surface area is 183 Å². The van der Waals surface area contributed by atoms with Crippen molar-refractivity contribution >= 4 is 5.97 Å². The van der Waals surface area contributed by atoms with E-state index in [4.69, 9.17) is 9.47 Å². The van der Waals surface area contributed by atoms with Gasteiger partial charge in [-0.25, -0.2) is 4.79 Å². The number of nitrogens with one attached hydrogen (secondary N) is 1. The first-order chi connectivity index (χ1) is 14.9. The normalized spacial score (nSPS) is 26.1. The molecule has 2 heterocycles. The van der Waals surface area contributed by atoms with Crippen LogP contribution in [0.3, 0.4) is 0 Å². The van der Waals surface area contributed by atoms with Gasteiger partial charge in [0.2, 0.25) is 0 Å². The van der Waals surface area contributed by atoms with Crippen molar-refractivity contribution in [3.63, 3.8) is 0 Å². The van der Waals surface area contributed by atoms with Gasteiger partial charge in [-0.3, -0.25) is 10.00 Å². The Morgan fingerprint density at radius 3 is 2.61 bits per heavy atom. The smallest absolute Gasteiger partial charge is 0.337 e. The lowest BCUT2D eigenvalue weighted by Crippen LogP contribution is -2.42. The number of likely N-dealkylation sites (tertiary alicyclic amines) is 1. The molecule has 1 saturated heterocycles. The Morgan fingerprint density at radius 1 is 1.23 bits per heavy atom. The number of aromatic amines is 1. The third-order valence-corrected chi connectivity index (χ3v) is 6.42. The number of benzene rings is 1. The van der Waals surface area contributed by atoms with Gasteiger partial charge < -0.3 is 14.6 Å². The van der Waals surface area contributed by atoms with Crippen LogP contribution in [0.25, 0.3) is 0 Å². The average Bonchev–Trinajstić information content (AvgIpc) is 3.33. The summed E-state index contributed by atoms with van der Waals surface area (Å²) in [5.74, 6) is 1.91. The van der Waals surface area contributed by atoms with Crippen LogP contribution < -0.4 is 4.74 Å². The number of hydrogen-bond acceptors (Lipinski definition) is 6. The second-order valence-electron chi connectivity index (χ2n) is 9.41. The number of hydrogen-bond donors (Lipinski definition) is 2. The molecular weight excluding hydrogens is 394 g/mol. The van der Waals surface area contributed by atoms with Crippen molar-refractivity contribution in [1.29, 1.82) is 0 Å². The maximum atomic E-state index is 11.6. The van der Waals surface area contributed by atoms with E-state index in [1.165, 1.54) is 7.11 Å². The Bertz CT molecular complexity index is 879. The van der Waals surface area contributed by atoms with Crippen molar-refractivity contribution in [3.05, 3.63) is 47.3 Å². The van der Waals surface area contributed by atoms with Crippen molar-refractivity contribution in [3.8, 4) is 5.75 Å². The van der Waals surface area contributed by atoms with Gasteiger partial charge in [0.25, 0.3) is 0 Å². The number of fused-ring (bicyclic) bond motifs is 1. The van der Waals surface area contributed by atoms with Crippen LogP contribution in [0.5, 0.6) is 5.75 Å². The molecule has 7 nitrogen and oxygen atoms in total. The van der Waals surface area contributed by atoms with Gasteiger partial charge in [0.1, 0.15) is 11.9 Å². The number of nitrogens with zero attached hydrogens (tertiary/aromatic N) is 2. The second kappa shape index (κ2) is 9.40. The van der Waals surface area contributed by atoms with Crippen LogP contribution in [0, 0.1) is 17.8 Å². The van der Waals surface area contributed by atoms with Crippen molar-refractivity contribution < 1.29 is 19.4 Å². The number of aliphatic hydroxyl groups is 1. The molecule has 0 bridgehead atoms. The molecule has 1 aliphatic heterocycles. The highest BCUT2D eigenvalue weighted by atomic mass is 16.5. The first-order valence-corrected chi connectivity index (χ1v) is 11.2. The summed E-state index contributed by atoms with van der Waals surface area (Å²) < 4.78 is 10.8. The van der Waals surface area contributed by atoms with Crippen LogP contribution in [-0.4, -0.2) is 58.6 Å². The topological polar surface area (TPSA) is 87.7 Å². The molecule has 1 aromatic heterocycles. The SMILES string of the molecule is COC(=O)c1ccc(O[C@H]2C[C@@H]3CN(Cc4cc(CC(C)C)n[nH]4)C[C@@H]3C[C@@H]2O)cc1. The van der Waals surface area contributed by atoms with Gasteiger partial charge in [0, 0.05) is 25.3 Å². The predicted octanol–water partition coefficient (Wildman–Crippen LogP) is 3.05. The number of carbonyl (C=O) groups is 1. The number of rotatable bonds is 7. The van der Waals surface area contributed by atoms with Gasteiger partial charge in [-0.05, 0) is 67.3 Å². The van der Waals surface area contributed by atoms with E-state index in [9.17, 15) is 9.90 Å². The molecule has 4 rings (SSSR count). The second-order valence-corrected chi connectivity index (χ2v) is 9.41. The van der Waals surface area contributed by atoms with Crippen molar-refractivity contribution in [1.82, 2.24) is 15.1 Å². The summed E-state index contributed by atoms with van der Waals surface area (Å²) in [5.41, 5.74) is 2.78. The Kier molecular flexibility index (Phi) is 6.62. The summed E-state index contributed by atoms with van der Waals surface area (Å²) in [6.07, 6.45) is 1.88. The molecular formula is C24H33N3O4. The monoisotopic (exact) mass is 427 g/mol. The Hall–Kier alpha value is -2.38. The first kappa shape index (κ1) is 21.8. The number of ether oxygens (including phenoxy) is 2. The molecule has 2 N–H and O–H groups in total. The van der Waals surface area contributed by atoms with E-state index < -0.39 is 6.10 Å². The fourth-order valence-electron chi connectivity index (χ4n) is 4.96. The number of methoxy groups -OCH3 is 1. The van der Waals surface area contributed by atoms with Crippen LogP contribution in [0.1, 0.15) is 48.4 Å². The third-order valence-electron chi connectivity index (χ3n) is 6.42. The van der Waals surface area contributed by atoms with Crippen LogP contribution in [0.15, 0.2) is 30.3 Å². The lowest BCUT2D eigenvalue weighted by molar-refractivity contribution is -0.0231. The number of aliphatic hydroxyl groups excluding tert-OH is 1. The highest BCUT2D eigenvalue weighted by Crippen LogP contribution is 2.38. The molecule has 168 valence electrons. The number of H-pyrrole nitrogens is 1. The molecule has 2 aliphatic rings. The minimum absolute atomic E-state index is 0.227. The van der Waals surface area contributed by atoms with E-state index in [0.29, 0.717) is 29.1 Å². The molecule has 1 aromatic carbocycles. The van der Waals surface area contributed by atoms with Crippen molar-refractivity contribution in [2.24, 2.45) is 17.8 Å². The fourth-order valence-corrected chi connectivity index (χ4v) is 4.96. The third kappa shape index (κ3) is 5.28. The maximum Gasteiger partial charge on any atom is 0.337 e. The molecule has 0 spiro atoms. The van der Waals surface area contributed by atoms with Crippen LogP contribution in [-0.2, 0) is 17.7 Å². The molecule has 1 saturated carbocycles. The summed E-state index contributed by atoms with van der Waals surface area (Å²) in [6.45, 7) is 7.29. The van der Waals surface area contributed by atoms with Crippen LogP contribution >= 0.6 is 0 Å². The van der Waals surface area contributed by atoms with Gasteiger partial charge in [-0.1, -0.05) is 13.8 Å². The minimum Gasteiger partial charge on any atom is -0.488 e. The summed E-state index contributed by atoms with van der Waals surface area (Å²) in [4.78, 5) is 14.0. The van der Waals surface area contributed by atoms with E-state index in [1.54, 1.807) is 24.3 Å². The molecule has 0 amide bonds. The molecule has 7 heteroatoms. The summed E-state index contributed by atoms with van der Waals surface area (Å²) in [7, 11) is 1.36. The largest absolute Gasteiger partial charge is 0.488 e. The predicted molar refractivity (Wildman–Crippen MR) is 117 cm³/mol. The van der Waals surface area contributed by atoms with E-state index in [0.717, 1.165) is 50.3 Å². The molecule has 4 atom stereocenters. The standard InChI is InChI=1S/C24H33N3O4/c1-15(2)8-19-11-20(26-25-19)14-27-12-17-9-22(28)23(10-18(17)13-27)31-21-6-4-16(5-7-21)24(29)30-3/h4-7,11,15,17-18,22-23,28H,8-10,12-14H2,1-3H3,(H,25,26)/t17-,18+,22-,23-/m0/s1. The molecule has 2 fully saturated rings. The van der Waals surface area contributed by atoms with E-state index in [-0.39, 0.29) is 12.1 Å². The number of esters is 1. The summed E-state index contributed by atoms with van der Waals surface area (Å²) in [5, 5.41) is 18.3. The van der Waals surface area contributed by atoms with Gasteiger partial charge in [-0.15, -0.1) is 0 Å². The fraction of sp³-hybridized carbons (Fsp3) is 0.583. The van der Waals surface area contributed by atoms with Crippen LogP contribution in [0.2, 0.25) is 0 Å². The van der Waals surface area contributed by atoms with Crippen molar-refractivity contribution in [2.45, 2.75) is 51.9 Å². The molecule has 31 heavy (non-hydrogen) atoms. The number of aromatic nitrogens is 2. The Morgan fingerprint density at radius 2 is 1.94 bits per heavy atom. The highest BCUT2D eigenvalue weighted by molar-refractivity contribution is 5.89. The van der Waals surface area contributed by atoms with E-state index in [1.807, 2.05) is 0 Å². The maximum absolute atomic E-state index is 11.6. The average molecular weight is 428 g/mol. The summed E-state index contributed by atoms with van der Waals surface area (Å²) >= 11 is 0. The molecule has 2 aromatic rings. The van der Waals surface area contributed by atoms with Gasteiger partial charge in [-0.2, -0.15) is 5.10 Å². The van der Waals surface area contributed by atoms with E-state index in [2.05, 4.69) is 35.0 Å². The minimum atomic E-state index is -0.480. The Balaban J connectivity index is 1.32. The van der Waals surface area contributed by atoms with Crippen LogP contribution in [0.4, 0.5) is 0 Å². The zero-order valence-corrected chi connectivity index (χ0v) is 18.6. The molecule has 1 aliphatic carbocycles. The number of carbonyl (C=O) groups excluding carboxylic acids is 1. The lowest BCUT2D eigenvalue weighted by atomic mass is 9.78. The quantitative estimate of drug-likeness (QED) is 0.661. The van der Waals surface area contributed by atoms with Gasteiger partial charge >= 0.3 is 5.97 Å². The molecule has 0 unspecified atom stereocenters. The van der Waals surface area contributed by atoms with Gasteiger partial charge in [0.15, 0.2) is 0 Å². The lowest BCUT2D eigenvalue weighted by Gasteiger charge is -2.35. The zero-order valence-electron chi connectivity index (χ0n) is 18.6. The summed E-state index contributed by atoms with van der Waals surface area (Å²) in [6, 6.07) is 9.08. The van der Waals surface area contributed by atoms with Crippen molar-refractivity contribution in [2.75, 3.05) is 20.2 Å². The van der Waals surface area contributed by atoms with E-state index >= 15 is 0 Å². The van der Waals surface area contributed by atoms with Gasteiger partial charge in [0.05, 0.1) is 24.5 Å². The zero-order chi connectivity index (χ0) is 22.0. The first-order valence-electron chi connectivity index (χ1n) is 11.2.